The summed E-state index contributed by atoms with van der Waals surface area (Å²) in [6.45, 7) is -2.88. The second kappa shape index (κ2) is 5.65. The van der Waals surface area contributed by atoms with E-state index in [2.05, 4.69) is 20.1 Å². The number of nitrogens with zero attached hydrogens (tertiary/aromatic N) is 2. The Bertz CT molecular complexity index is 574. The Kier molecular flexibility index (Phi) is 3.95. The maximum Gasteiger partial charge on any atom is 0.387 e. The number of aromatic carboxylic acids is 1. The summed E-state index contributed by atoms with van der Waals surface area (Å²) in [5.41, 5.74) is -0.196. The summed E-state index contributed by atoms with van der Waals surface area (Å²) in [5.74, 6) is -1.17. The van der Waals surface area contributed by atoms with Gasteiger partial charge in [0, 0.05) is 4.90 Å². The normalized spacial score (nSPS) is 10.7. The van der Waals surface area contributed by atoms with Gasteiger partial charge in [-0.2, -0.15) is 14.0 Å². The average molecular weight is 287 g/mol. The molecule has 0 amide bonds. The van der Waals surface area contributed by atoms with E-state index < -0.39 is 12.6 Å². The minimum atomic E-state index is -2.88. The van der Waals surface area contributed by atoms with Gasteiger partial charge in [-0.1, -0.05) is 11.8 Å². The highest BCUT2D eigenvalue weighted by atomic mass is 32.2. The number of ether oxygens (including phenoxy) is 1. The van der Waals surface area contributed by atoms with E-state index in [0.29, 0.717) is 4.90 Å². The number of benzene rings is 1. The third-order valence-corrected chi connectivity index (χ3v) is 2.97. The van der Waals surface area contributed by atoms with E-state index in [0.717, 1.165) is 11.8 Å². The Morgan fingerprint density at radius 1 is 1.32 bits per heavy atom. The zero-order valence-electron chi connectivity index (χ0n) is 9.21. The Labute approximate surface area is 109 Å². The fourth-order valence-corrected chi connectivity index (χ4v) is 2.04. The third-order valence-electron chi connectivity index (χ3n) is 1.98. The quantitative estimate of drug-likeness (QED) is 0.877. The lowest BCUT2D eigenvalue weighted by Crippen LogP contribution is -2.01. The molecular weight excluding hydrogens is 280 g/mol. The molecule has 6 nitrogen and oxygen atoms in total. The van der Waals surface area contributed by atoms with Gasteiger partial charge in [0.15, 0.2) is 5.03 Å². The average Bonchev–Trinajstić information content (AvgIpc) is 2.79. The molecule has 0 saturated carbocycles. The second-order valence-corrected chi connectivity index (χ2v) is 4.30. The van der Waals surface area contributed by atoms with E-state index in [1.54, 1.807) is 0 Å². The van der Waals surface area contributed by atoms with Crippen molar-refractivity contribution in [3.63, 3.8) is 0 Å². The van der Waals surface area contributed by atoms with Crippen LogP contribution >= 0.6 is 11.8 Å². The van der Waals surface area contributed by atoms with Gasteiger partial charge in [0.25, 0.3) is 0 Å². The Balaban J connectivity index is 2.11. The molecule has 0 saturated heterocycles. The summed E-state index contributed by atoms with van der Waals surface area (Å²) in [6, 6.07) is 5.75. The van der Waals surface area contributed by atoms with Crippen LogP contribution in [-0.2, 0) is 0 Å². The van der Waals surface area contributed by atoms with Crippen LogP contribution in [0.2, 0.25) is 0 Å². The van der Waals surface area contributed by atoms with Crippen molar-refractivity contribution in [3.8, 4) is 5.75 Å². The van der Waals surface area contributed by atoms with Gasteiger partial charge in [-0.25, -0.2) is 4.79 Å². The van der Waals surface area contributed by atoms with Crippen molar-refractivity contribution >= 4 is 17.7 Å². The maximum atomic E-state index is 12.0. The molecular formula is C10H7F2N3O3S. The number of aromatic nitrogens is 3. The van der Waals surface area contributed by atoms with Gasteiger partial charge in [0.1, 0.15) is 5.75 Å². The Morgan fingerprint density at radius 3 is 2.58 bits per heavy atom. The number of aromatic amines is 1. The van der Waals surface area contributed by atoms with Gasteiger partial charge in [-0.15, -0.1) is 10.2 Å². The van der Waals surface area contributed by atoms with Crippen LogP contribution in [-0.4, -0.2) is 33.1 Å². The molecule has 19 heavy (non-hydrogen) atoms. The van der Waals surface area contributed by atoms with Crippen LogP contribution < -0.4 is 4.74 Å². The largest absolute Gasteiger partial charge is 0.476 e. The van der Waals surface area contributed by atoms with Crippen LogP contribution in [0.25, 0.3) is 0 Å². The third kappa shape index (κ3) is 3.41. The molecule has 2 aromatic rings. The number of halogens is 2. The number of carboxylic acids is 1. The maximum absolute atomic E-state index is 12.0. The van der Waals surface area contributed by atoms with Gasteiger partial charge < -0.3 is 9.84 Å². The molecule has 0 aliphatic carbocycles. The minimum Gasteiger partial charge on any atom is -0.476 e. The SMILES string of the molecule is O=C(O)c1n[nH]nc1Sc1ccc(OC(F)F)cc1. The van der Waals surface area contributed by atoms with Crippen molar-refractivity contribution in [1.29, 1.82) is 0 Å². The first-order chi connectivity index (χ1) is 9.06. The molecule has 2 rings (SSSR count). The molecule has 0 atom stereocenters. The molecule has 0 radical (unpaired) electrons. The van der Waals surface area contributed by atoms with E-state index in [1.807, 2.05) is 0 Å². The minimum absolute atomic E-state index is 0.0259. The van der Waals surface area contributed by atoms with E-state index in [9.17, 15) is 13.6 Å². The first-order valence-corrected chi connectivity index (χ1v) is 5.74. The van der Waals surface area contributed by atoms with Gasteiger partial charge in [-0.05, 0) is 24.3 Å². The summed E-state index contributed by atoms with van der Waals surface area (Å²) in [6.07, 6.45) is 0. The summed E-state index contributed by atoms with van der Waals surface area (Å²) in [4.78, 5) is 11.4. The van der Waals surface area contributed by atoms with Crippen molar-refractivity contribution in [2.24, 2.45) is 0 Å². The monoisotopic (exact) mass is 287 g/mol. The molecule has 0 aliphatic heterocycles. The molecule has 1 aromatic carbocycles. The van der Waals surface area contributed by atoms with Crippen molar-refractivity contribution in [2.45, 2.75) is 16.5 Å². The zero-order chi connectivity index (χ0) is 13.8. The zero-order valence-corrected chi connectivity index (χ0v) is 10.0. The van der Waals surface area contributed by atoms with Crippen LogP contribution in [0.15, 0.2) is 34.2 Å². The lowest BCUT2D eigenvalue weighted by molar-refractivity contribution is -0.0498. The predicted molar refractivity (Wildman–Crippen MR) is 60.5 cm³/mol. The molecule has 0 spiro atoms. The summed E-state index contributed by atoms with van der Waals surface area (Å²) < 4.78 is 28.1. The highest BCUT2D eigenvalue weighted by molar-refractivity contribution is 7.99. The molecule has 0 fully saturated rings. The van der Waals surface area contributed by atoms with Crippen LogP contribution in [0.5, 0.6) is 5.75 Å². The van der Waals surface area contributed by atoms with Crippen molar-refractivity contribution in [1.82, 2.24) is 15.4 Å². The van der Waals surface area contributed by atoms with Crippen LogP contribution in [0.1, 0.15) is 10.5 Å². The highest BCUT2D eigenvalue weighted by Gasteiger charge is 2.16. The lowest BCUT2D eigenvalue weighted by Gasteiger charge is -2.04. The standard InChI is InChI=1S/C10H7F2N3O3S/c11-10(12)18-5-1-3-6(4-2-5)19-8-7(9(16)17)13-15-14-8/h1-4,10H,(H,16,17)(H,13,14,15). The Morgan fingerprint density at radius 2 is 2.00 bits per heavy atom. The first kappa shape index (κ1) is 13.3. The number of hydrogen-bond acceptors (Lipinski definition) is 5. The molecule has 2 N–H and O–H groups in total. The van der Waals surface area contributed by atoms with E-state index in [1.165, 1.54) is 24.3 Å². The summed E-state index contributed by atoms with van der Waals surface area (Å²) in [7, 11) is 0. The van der Waals surface area contributed by atoms with Crippen LogP contribution in [0.3, 0.4) is 0 Å². The van der Waals surface area contributed by atoms with Gasteiger partial charge in [-0.3, -0.25) is 0 Å². The molecule has 0 bridgehead atoms. The number of alkyl halides is 2. The van der Waals surface area contributed by atoms with Crippen molar-refractivity contribution < 1.29 is 23.4 Å². The number of hydrogen-bond donors (Lipinski definition) is 2. The Hall–Kier alpha value is -2.16. The topological polar surface area (TPSA) is 88.1 Å². The van der Waals surface area contributed by atoms with Gasteiger partial charge in [0.2, 0.25) is 5.69 Å². The van der Waals surface area contributed by atoms with E-state index in [-0.39, 0.29) is 16.5 Å². The van der Waals surface area contributed by atoms with Crippen LogP contribution in [0.4, 0.5) is 8.78 Å². The first-order valence-electron chi connectivity index (χ1n) is 4.93. The van der Waals surface area contributed by atoms with Crippen LogP contribution in [0, 0.1) is 0 Å². The smallest absolute Gasteiger partial charge is 0.387 e. The number of carboxylic acid groups (broad SMARTS) is 1. The van der Waals surface area contributed by atoms with E-state index >= 15 is 0 Å². The lowest BCUT2D eigenvalue weighted by atomic mass is 10.3. The van der Waals surface area contributed by atoms with Crippen molar-refractivity contribution in [2.75, 3.05) is 0 Å². The summed E-state index contributed by atoms with van der Waals surface area (Å²) >= 11 is 1.05. The van der Waals surface area contributed by atoms with E-state index in [4.69, 9.17) is 5.11 Å². The molecule has 0 unspecified atom stereocenters. The number of nitrogens with one attached hydrogen (secondary N) is 1. The van der Waals surface area contributed by atoms with Crippen molar-refractivity contribution in [3.05, 3.63) is 30.0 Å². The number of carbonyl (C=O) groups is 1. The molecule has 9 heteroatoms. The fourth-order valence-electron chi connectivity index (χ4n) is 1.23. The predicted octanol–water partition coefficient (Wildman–Crippen LogP) is 2.26. The second-order valence-electron chi connectivity index (χ2n) is 3.23. The van der Waals surface area contributed by atoms with Gasteiger partial charge >= 0.3 is 12.6 Å². The highest BCUT2D eigenvalue weighted by Crippen LogP contribution is 2.29. The molecule has 1 heterocycles. The number of rotatable bonds is 5. The summed E-state index contributed by atoms with van der Waals surface area (Å²) in [5, 5.41) is 18.4. The molecule has 1 aromatic heterocycles. The molecule has 100 valence electrons. The fraction of sp³-hybridized carbons (Fsp3) is 0.100. The van der Waals surface area contributed by atoms with Gasteiger partial charge in [0.05, 0.1) is 0 Å². The molecule has 0 aliphatic rings. The number of H-pyrrole nitrogens is 1.